The largest absolute Gasteiger partial charge is 0.493 e. The van der Waals surface area contributed by atoms with Gasteiger partial charge in [0.05, 0.1) is 12.0 Å². The molecule has 1 amide bonds. The van der Waals surface area contributed by atoms with Gasteiger partial charge in [0.1, 0.15) is 5.56 Å². The first-order chi connectivity index (χ1) is 15.9. The summed E-state index contributed by atoms with van der Waals surface area (Å²) in [6.45, 7) is 0. The Balaban J connectivity index is 1.81. The maximum absolute atomic E-state index is 13.0. The summed E-state index contributed by atoms with van der Waals surface area (Å²) in [5, 5.41) is 7.62. The van der Waals surface area contributed by atoms with Crippen LogP contribution in [0.3, 0.4) is 0 Å². The molecule has 0 saturated heterocycles. The molecule has 0 atom stereocenters. The van der Waals surface area contributed by atoms with Gasteiger partial charge in [-0.3, -0.25) is 4.79 Å². The molecule has 0 spiro atoms. The maximum Gasteiger partial charge on any atom is 0.276 e. The molecule has 0 aliphatic heterocycles. The number of anilines is 1. The zero-order valence-electron chi connectivity index (χ0n) is 17.3. The number of methoxy groups -OCH3 is 1. The summed E-state index contributed by atoms with van der Waals surface area (Å²) < 4.78 is 36.5. The van der Waals surface area contributed by atoms with E-state index in [4.69, 9.17) is 20.8 Å². The Bertz CT molecular complexity index is 1480. The van der Waals surface area contributed by atoms with Crippen molar-refractivity contribution < 1.29 is 22.4 Å². The zero-order valence-corrected chi connectivity index (χ0v) is 18.9. The van der Waals surface area contributed by atoms with E-state index in [1.807, 2.05) is 6.07 Å². The molecule has 168 valence electrons. The maximum atomic E-state index is 13.0. The highest BCUT2D eigenvalue weighted by atomic mass is 35.5. The summed E-state index contributed by atoms with van der Waals surface area (Å²) in [5.41, 5.74) is 0.651. The molecule has 0 aliphatic carbocycles. The van der Waals surface area contributed by atoms with E-state index < -0.39 is 15.9 Å². The number of halogens is 1. The summed E-state index contributed by atoms with van der Waals surface area (Å²) in [6.07, 6.45) is 0. The van der Waals surface area contributed by atoms with Crippen LogP contribution in [0.4, 0.5) is 5.69 Å². The standard InChI is InChI=1S/C23H18ClN3O5S/c1-31-20-9-5-6-15-14-19(22(28)25-17-7-3-2-4-8-17)23(32-21(15)20)26-27-33(29,30)18-12-10-16(24)11-13-18/h2-14,27H,1H3,(H,25,28)/b26-23+. The Kier molecular flexibility index (Phi) is 6.34. The van der Waals surface area contributed by atoms with E-state index >= 15 is 0 Å². The molecule has 0 saturated carbocycles. The van der Waals surface area contributed by atoms with E-state index in [-0.39, 0.29) is 16.0 Å². The number of benzene rings is 3. The third-order valence-electron chi connectivity index (χ3n) is 4.63. The number of hydrogen-bond donors (Lipinski definition) is 2. The molecule has 1 heterocycles. The molecule has 4 aromatic rings. The van der Waals surface area contributed by atoms with Gasteiger partial charge in [-0.25, -0.2) is 0 Å². The van der Waals surface area contributed by atoms with Crippen molar-refractivity contribution in [1.82, 2.24) is 4.83 Å². The Morgan fingerprint density at radius 3 is 2.42 bits per heavy atom. The van der Waals surface area contributed by atoms with Crippen LogP contribution in [0.25, 0.3) is 11.0 Å². The molecule has 0 bridgehead atoms. The molecule has 3 aromatic carbocycles. The summed E-state index contributed by atoms with van der Waals surface area (Å²) in [6, 6.07) is 21.1. The molecule has 2 N–H and O–H groups in total. The van der Waals surface area contributed by atoms with E-state index in [1.165, 1.54) is 31.4 Å². The first kappa shape index (κ1) is 22.4. The third kappa shape index (κ3) is 5.00. The molecule has 33 heavy (non-hydrogen) atoms. The van der Waals surface area contributed by atoms with Crippen molar-refractivity contribution in [2.75, 3.05) is 12.4 Å². The lowest BCUT2D eigenvalue weighted by molar-refractivity contribution is 0.102. The fraction of sp³-hybridized carbons (Fsp3) is 0.0435. The summed E-state index contributed by atoms with van der Waals surface area (Å²) in [5.74, 6) is -0.126. The number of para-hydroxylation sites is 2. The highest BCUT2D eigenvalue weighted by Crippen LogP contribution is 2.25. The minimum atomic E-state index is -4.04. The van der Waals surface area contributed by atoms with Crippen molar-refractivity contribution in [2.24, 2.45) is 5.10 Å². The lowest BCUT2D eigenvalue weighted by Gasteiger charge is -2.09. The van der Waals surface area contributed by atoms with Gasteiger partial charge in [0.25, 0.3) is 15.9 Å². The molecule has 0 unspecified atom stereocenters. The van der Waals surface area contributed by atoms with Crippen LogP contribution in [-0.4, -0.2) is 21.4 Å². The van der Waals surface area contributed by atoms with Crippen molar-refractivity contribution in [3.63, 3.8) is 0 Å². The first-order valence-electron chi connectivity index (χ1n) is 9.66. The monoisotopic (exact) mass is 483 g/mol. The topological polar surface area (TPSA) is 110 Å². The van der Waals surface area contributed by atoms with Crippen molar-refractivity contribution in [3.05, 3.63) is 95.0 Å². The van der Waals surface area contributed by atoms with Crippen LogP contribution in [0.2, 0.25) is 5.02 Å². The van der Waals surface area contributed by atoms with E-state index in [1.54, 1.807) is 48.5 Å². The predicted octanol–water partition coefficient (Wildman–Crippen LogP) is 4.14. The second-order valence-electron chi connectivity index (χ2n) is 6.82. The van der Waals surface area contributed by atoms with Crippen molar-refractivity contribution in [1.29, 1.82) is 0 Å². The summed E-state index contributed by atoms with van der Waals surface area (Å²) in [7, 11) is -2.57. The normalized spacial score (nSPS) is 11.9. The number of ether oxygens (including phenoxy) is 1. The number of carbonyl (C=O) groups is 1. The van der Waals surface area contributed by atoms with E-state index in [0.29, 0.717) is 27.4 Å². The van der Waals surface area contributed by atoms with E-state index in [2.05, 4.69) is 15.2 Å². The lowest BCUT2D eigenvalue weighted by Crippen LogP contribution is -2.27. The minimum Gasteiger partial charge on any atom is -0.493 e. The Hall–Kier alpha value is -3.82. The van der Waals surface area contributed by atoms with Gasteiger partial charge in [-0.15, -0.1) is 5.10 Å². The van der Waals surface area contributed by atoms with Gasteiger partial charge in [0.2, 0.25) is 5.55 Å². The summed E-state index contributed by atoms with van der Waals surface area (Å²) >= 11 is 5.83. The third-order valence-corrected chi connectivity index (χ3v) is 6.10. The van der Waals surface area contributed by atoms with Gasteiger partial charge in [0, 0.05) is 16.1 Å². The lowest BCUT2D eigenvalue weighted by atomic mass is 10.1. The number of sulfonamides is 1. The van der Waals surface area contributed by atoms with Gasteiger partial charge in [-0.1, -0.05) is 41.9 Å². The highest BCUT2D eigenvalue weighted by Gasteiger charge is 2.17. The van der Waals surface area contributed by atoms with Crippen molar-refractivity contribution in [2.45, 2.75) is 4.90 Å². The van der Waals surface area contributed by atoms with Gasteiger partial charge in [-0.2, -0.15) is 13.2 Å². The van der Waals surface area contributed by atoms with E-state index in [9.17, 15) is 13.2 Å². The number of hydrogen-bond acceptors (Lipinski definition) is 6. The quantitative estimate of drug-likeness (QED) is 0.400. The van der Waals surface area contributed by atoms with Gasteiger partial charge in [-0.05, 0) is 48.5 Å². The Morgan fingerprint density at radius 1 is 1.00 bits per heavy atom. The van der Waals surface area contributed by atoms with Gasteiger partial charge in [0.15, 0.2) is 11.3 Å². The molecule has 1 aromatic heterocycles. The number of carbonyl (C=O) groups excluding carboxylic acids is 1. The SMILES string of the molecule is COc1cccc2cc(C(=O)Nc3ccccc3)/c(=N\NS(=O)(=O)c3ccc(Cl)cc3)oc12. The van der Waals surface area contributed by atoms with Crippen LogP contribution in [0.15, 0.2) is 93.3 Å². The fourth-order valence-corrected chi connectivity index (χ4v) is 3.95. The van der Waals surface area contributed by atoms with Crippen LogP contribution in [0.5, 0.6) is 5.75 Å². The number of fused-ring (bicyclic) bond motifs is 1. The molecular formula is C23H18ClN3O5S. The molecule has 0 fully saturated rings. The van der Waals surface area contributed by atoms with Crippen molar-refractivity contribution in [3.8, 4) is 5.75 Å². The van der Waals surface area contributed by atoms with Crippen LogP contribution >= 0.6 is 11.6 Å². The van der Waals surface area contributed by atoms with Crippen LogP contribution in [0, 0.1) is 0 Å². The average molecular weight is 484 g/mol. The van der Waals surface area contributed by atoms with E-state index in [0.717, 1.165) is 0 Å². The molecule has 10 heteroatoms. The van der Waals surface area contributed by atoms with Crippen LogP contribution in [-0.2, 0) is 10.0 Å². The number of amides is 1. The fourth-order valence-electron chi connectivity index (χ4n) is 3.02. The second-order valence-corrected chi connectivity index (χ2v) is 8.92. The molecular weight excluding hydrogens is 466 g/mol. The smallest absolute Gasteiger partial charge is 0.276 e. The molecule has 8 nitrogen and oxygen atoms in total. The van der Waals surface area contributed by atoms with Gasteiger partial charge >= 0.3 is 0 Å². The zero-order chi connectivity index (χ0) is 23.4. The molecule has 4 rings (SSSR count). The predicted molar refractivity (Wildman–Crippen MR) is 124 cm³/mol. The number of nitrogens with one attached hydrogen (secondary N) is 2. The van der Waals surface area contributed by atoms with Gasteiger partial charge < -0.3 is 14.5 Å². The first-order valence-corrected chi connectivity index (χ1v) is 11.5. The van der Waals surface area contributed by atoms with Crippen LogP contribution in [0.1, 0.15) is 10.4 Å². The Morgan fingerprint density at radius 2 is 1.73 bits per heavy atom. The highest BCUT2D eigenvalue weighted by molar-refractivity contribution is 7.89. The number of nitrogens with zero attached hydrogens (tertiary/aromatic N) is 1. The second kappa shape index (κ2) is 9.35. The number of rotatable bonds is 6. The minimum absolute atomic E-state index is 0.0263. The Labute approximate surface area is 194 Å². The molecule has 0 radical (unpaired) electrons. The van der Waals surface area contributed by atoms with Crippen LogP contribution < -0.4 is 20.4 Å². The summed E-state index contributed by atoms with van der Waals surface area (Å²) in [4.78, 5) is 15.1. The average Bonchev–Trinajstić information content (AvgIpc) is 2.82. The van der Waals surface area contributed by atoms with Crippen molar-refractivity contribution >= 4 is 44.2 Å². The molecule has 0 aliphatic rings.